The molecule has 6 nitrogen and oxygen atoms in total. The zero-order valence-electron chi connectivity index (χ0n) is 20.7. The molecule has 0 radical (unpaired) electrons. The topological polar surface area (TPSA) is 46.4 Å². The zero-order valence-corrected chi connectivity index (χ0v) is 23.9. The third kappa shape index (κ3) is 4.51. The Labute approximate surface area is 233 Å². The van der Waals surface area contributed by atoms with Crippen LogP contribution in [0.1, 0.15) is 35.3 Å². The fraction of sp³-hybridized carbons (Fsp3) is 0.241. The molecule has 0 amide bonds. The van der Waals surface area contributed by atoms with Crippen LogP contribution in [0.25, 0.3) is 5.70 Å². The molecule has 2 atom stereocenters. The van der Waals surface area contributed by atoms with Crippen LogP contribution in [0.2, 0.25) is 0 Å². The highest BCUT2D eigenvalue weighted by Crippen LogP contribution is 2.52. The molecule has 0 saturated carbocycles. The predicted molar refractivity (Wildman–Crippen MR) is 154 cm³/mol. The molecule has 8 heteroatoms. The van der Waals surface area contributed by atoms with Gasteiger partial charge in [0, 0.05) is 26.6 Å². The summed E-state index contributed by atoms with van der Waals surface area (Å²) in [6.45, 7) is 1.81. The first-order valence-corrected chi connectivity index (χ1v) is 13.9. The first-order valence-electron chi connectivity index (χ1n) is 12.3. The summed E-state index contributed by atoms with van der Waals surface area (Å²) in [5.41, 5.74) is 5.67. The minimum atomic E-state index is -0.277. The van der Waals surface area contributed by atoms with E-state index in [1.54, 1.807) is 6.33 Å². The van der Waals surface area contributed by atoms with Crippen molar-refractivity contribution < 1.29 is 4.74 Å². The third-order valence-corrected chi connectivity index (χ3v) is 7.95. The summed E-state index contributed by atoms with van der Waals surface area (Å²) < 4.78 is 10.9. The van der Waals surface area contributed by atoms with E-state index >= 15 is 0 Å². The molecule has 4 aromatic rings. The van der Waals surface area contributed by atoms with Crippen LogP contribution in [0.15, 0.2) is 93.6 Å². The molecule has 0 aliphatic carbocycles. The van der Waals surface area contributed by atoms with Crippen LogP contribution in [0.4, 0.5) is 5.95 Å². The van der Waals surface area contributed by atoms with Gasteiger partial charge in [-0.15, -0.1) is 0 Å². The Morgan fingerprint density at radius 3 is 2.27 bits per heavy atom. The predicted octanol–water partition coefficient (Wildman–Crippen LogP) is 6.71. The lowest BCUT2D eigenvalue weighted by molar-refractivity contribution is 0.221. The summed E-state index contributed by atoms with van der Waals surface area (Å²) in [5.74, 6) is 1.74. The van der Waals surface area contributed by atoms with Crippen molar-refractivity contribution in [2.75, 3.05) is 32.1 Å². The lowest BCUT2D eigenvalue weighted by Crippen LogP contribution is -2.39. The van der Waals surface area contributed by atoms with Crippen LogP contribution in [0.5, 0.6) is 5.75 Å². The number of benzene rings is 3. The number of nitrogens with zero attached hydrogens (tertiary/aromatic N) is 5. The summed E-state index contributed by atoms with van der Waals surface area (Å²) in [5, 5.41) is 4.76. The van der Waals surface area contributed by atoms with Crippen LogP contribution >= 0.6 is 31.9 Å². The molecule has 2 unspecified atom stereocenters. The van der Waals surface area contributed by atoms with E-state index < -0.39 is 0 Å². The number of anilines is 1. The number of hydrogen-bond acceptors (Lipinski definition) is 5. The highest BCUT2D eigenvalue weighted by Gasteiger charge is 2.43. The van der Waals surface area contributed by atoms with Gasteiger partial charge in [0.25, 0.3) is 0 Å². The van der Waals surface area contributed by atoms with Gasteiger partial charge < -0.3 is 14.5 Å². The molecule has 188 valence electrons. The molecule has 0 bridgehead atoms. The highest BCUT2D eigenvalue weighted by molar-refractivity contribution is 9.10. The van der Waals surface area contributed by atoms with Crippen molar-refractivity contribution in [3.8, 4) is 5.75 Å². The Bertz CT molecular complexity index is 1450. The molecule has 3 heterocycles. The lowest BCUT2D eigenvalue weighted by Gasteiger charge is -2.43. The van der Waals surface area contributed by atoms with E-state index in [-0.39, 0.29) is 12.1 Å². The largest absolute Gasteiger partial charge is 0.480 e. The quantitative estimate of drug-likeness (QED) is 0.240. The molecule has 37 heavy (non-hydrogen) atoms. The maximum absolute atomic E-state index is 6.81. The molecule has 0 N–H and O–H groups in total. The van der Waals surface area contributed by atoms with Crippen LogP contribution in [0.3, 0.4) is 0 Å². The molecule has 0 saturated heterocycles. The van der Waals surface area contributed by atoms with Crippen LogP contribution < -0.4 is 9.64 Å². The van der Waals surface area contributed by atoms with Crippen molar-refractivity contribution in [3.63, 3.8) is 0 Å². The summed E-state index contributed by atoms with van der Waals surface area (Å²) in [6, 6.07) is 25.1. The van der Waals surface area contributed by atoms with Crippen molar-refractivity contribution in [1.29, 1.82) is 0 Å². The van der Waals surface area contributed by atoms with E-state index in [0.29, 0.717) is 0 Å². The van der Waals surface area contributed by atoms with E-state index in [1.165, 1.54) is 11.3 Å². The number of para-hydroxylation sites is 1. The van der Waals surface area contributed by atoms with Gasteiger partial charge in [-0.3, -0.25) is 0 Å². The van der Waals surface area contributed by atoms with Crippen LogP contribution in [-0.2, 0) is 0 Å². The number of rotatable bonds is 6. The summed E-state index contributed by atoms with van der Waals surface area (Å²) in [7, 11) is 4.22. The standard InChI is InChI=1S/C29H27Br2N5O/c1-34(2)16-5-17-35-27-23-6-3-4-7-24(23)37-28(20-10-14-22(31)15-11-20)25(27)26(36-29(35)32-18-33-36)19-8-12-21(30)13-9-19/h3-4,6-15,18,26,28H,5,16-17H2,1-2H3. The van der Waals surface area contributed by atoms with E-state index in [4.69, 9.17) is 14.8 Å². The fourth-order valence-corrected chi connectivity index (χ4v) is 5.80. The number of ether oxygens (including phenoxy) is 1. The van der Waals surface area contributed by atoms with Gasteiger partial charge in [-0.2, -0.15) is 10.1 Å². The van der Waals surface area contributed by atoms with Gasteiger partial charge in [0.1, 0.15) is 24.2 Å². The minimum Gasteiger partial charge on any atom is -0.480 e. The molecule has 0 fully saturated rings. The van der Waals surface area contributed by atoms with E-state index in [1.807, 2.05) is 6.07 Å². The maximum atomic E-state index is 6.81. The van der Waals surface area contributed by atoms with E-state index in [9.17, 15) is 0 Å². The monoisotopic (exact) mass is 619 g/mol. The number of hydrogen-bond donors (Lipinski definition) is 0. The third-order valence-electron chi connectivity index (χ3n) is 6.89. The van der Waals surface area contributed by atoms with Crippen LogP contribution in [-0.4, -0.2) is 46.8 Å². The number of halogens is 2. The molecule has 0 spiro atoms. The molecular weight excluding hydrogens is 594 g/mol. The van der Waals surface area contributed by atoms with Gasteiger partial charge in [0.15, 0.2) is 0 Å². The van der Waals surface area contributed by atoms with Gasteiger partial charge in [-0.1, -0.05) is 68.3 Å². The molecule has 6 rings (SSSR count). The summed E-state index contributed by atoms with van der Waals surface area (Å²) in [6.07, 6.45) is 2.38. The summed E-state index contributed by atoms with van der Waals surface area (Å²) in [4.78, 5) is 9.34. The van der Waals surface area contributed by atoms with E-state index in [0.717, 1.165) is 56.8 Å². The molecule has 2 aliphatic heterocycles. The Hall–Kier alpha value is -2.94. The van der Waals surface area contributed by atoms with Crippen LogP contribution in [0, 0.1) is 0 Å². The van der Waals surface area contributed by atoms with Gasteiger partial charge >= 0.3 is 0 Å². The van der Waals surface area contributed by atoms with Crippen molar-refractivity contribution in [2.24, 2.45) is 0 Å². The fourth-order valence-electron chi connectivity index (χ4n) is 5.27. The molecule has 1 aromatic heterocycles. The van der Waals surface area contributed by atoms with Crippen molar-refractivity contribution >= 4 is 43.5 Å². The Kier molecular flexibility index (Phi) is 6.65. The van der Waals surface area contributed by atoms with Crippen molar-refractivity contribution in [2.45, 2.75) is 18.6 Å². The average Bonchev–Trinajstić information content (AvgIpc) is 3.38. The van der Waals surface area contributed by atoms with E-state index in [2.05, 4.69) is 127 Å². The Morgan fingerprint density at radius 1 is 0.892 bits per heavy atom. The number of fused-ring (bicyclic) bond motifs is 3. The number of aromatic nitrogens is 3. The Morgan fingerprint density at radius 2 is 1.57 bits per heavy atom. The first kappa shape index (κ1) is 24.4. The van der Waals surface area contributed by atoms with Gasteiger partial charge in [-0.05, 0) is 74.6 Å². The Balaban J connectivity index is 1.61. The normalized spacial score (nSPS) is 18.4. The second-order valence-electron chi connectivity index (χ2n) is 9.62. The maximum Gasteiger partial charge on any atom is 0.229 e. The molecule has 2 aliphatic rings. The van der Waals surface area contributed by atoms with Gasteiger partial charge in [0.05, 0.1) is 5.70 Å². The van der Waals surface area contributed by atoms with Crippen molar-refractivity contribution in [1.82, 2.24) is 19.7 Å². The second-order valence-corrected chi connectivity index (χ2v) is 11.4. The van der Waals surface area contributed by atoms with Crippen molar-refractivity contribution in [3.05, 3.63) is 110 Å². The smallest absolute Gasteiger partial charge is 0.229 e. The molecular formula is C29H27Br2N5O. The lowest BCUT2D eigenvalue weighted by atomic mass is 9.84. The average molecular weight is 621 g/mol. The zero-order chi connectivity index (χ0) is 25.5. The van der Waals surface area contributed by atoms with Gasteiger partial charge in [-0.25, -0.2) is 4.68 Å². The second kappa shape index (κ2) is 10.1. The summed E-state index contributed by atoms with van der Waals surface area (Å²) >= 11 is 7.19. The SMILES string of the molecule is CN(C)CCCN1C2=C(C(c3ccc(Br)cc3)Oc3ccccc32)C(c2ccc(Br)cc2)n2ncnc21. The highest BCUT2D eigenvalue weighted by atomic mass is 79.9. The minimum absolute atomic E-state index is 0.160. The molecule has 3 aromatic carbocycles. The van der Waals surface area contributed by atoms with Gasteiger partial charge in [0.2, 0.25) is 5.95 Å². The first-order chi connectivity index (χ1) is 18.0.